The Bertz CT molecular complexity index is 111. The molecule has 1 unspecified atom stereocenters. The molecule has 0 aliphatic heterocycles. The lowest BCUT2D eigenvalue weighted by Gasteiger charge is -2.20. The molecule has 0 saturated carbocycles. The third-order valence-corrected chi connectivity index (χ3v) is 2.86. The summed E-state index contributed by atoms with van der Waals surface area (Å²) in [6.45, 7) is 7.68. The number of alkyl halides is 1. The van der Waals surface area contributed by atoms with Crippen LogP contribution in [0.3, 0.4) is 0 Å². The Morgan fingerprint density at radius 3 is 2.46 bits per heavy atom. The van der Waals surface area contributed by atoms with Gasteiger partial charge in [0.15, 0.2) is 0 Å². The first-order chi connectivity index (χ1) is 6.24. The molecule has 0 aliphatic rings. The SMILES string of the molecule is CCN(CCO)CCC(C)CCBr. The highest BCUT2D eigenvalue weighted by Gasteiger charge is 2.05. The normalized spacial score (nSPS) is 13.6. The number of hydrogen-bond donors (Lipinski definition) is 1. The van der Waals surface area contributed by atoms with Gasteiger partial charge in [0.1, 0.15) is 0 Å². The quantitative estimate of drug-likeness (QED) is 0.669. The van der Waals surface area contributed by atoms with Gasteiger partial charge in [0.05, 0.1) is 6.61 Å². The van der Waals surface area contributed by atoms with E-state index in [1.165, 1.54) is 12.8 Å². The Balaban J connectivity index is 3.46. The molecule has 0 aliphatic carbocycles. The van der Waals surface area contributed by atoms with Crippen LogP contribution < -0.4 is 0 Å². The first kappa shape index (κ1) is 13.4. The van der Waals surface area contributed by atoms with Crippen LogP contribution in [0.5, 0.6) is 0 Å². The number of halogens is 1. The first-order valence-corrected chi connectivity index (χ1v) is 6.25. The monoisotopic (exact) mass is 251 g/mol. The largest absolute Gasteiger partial charge is 0.395 e. The van der Waals surface area contributed by atoms with Crippen LogP contribution in [0.15, 0.2) is 0 Å². The summed E-state index contributed by atoms with van der Waals surface area (Å²) in [7, 11) is 0. The van der Waals surface area contributed by atoms with Crippen LogP contribution in [0.2, 0.25) is 0 Å². The first-order valence-electron chi connectivity index (χ1n) is 5.13. The molecule has 0 aromatic rings. The van der Waals surface area contributed by atoms with Gasteiger partial charge >= 0.3 is 0 Å². The minimum Gasteiger partial charge on any atom is -0.395 e. The highest BCUT2D eigenvalue weighted by Crippen LogP contribution is 2.09. The van der Waals surface area contributed by atoms with E-state index in [1.54, 1.807) is 0 Å². The van der Waals surface area contributed by atoms with E-state index in [0.717, 1.165) is 30.9 Å². The molecule has 0 rings (SSSR count). The Morgan fingerprint density at radius 2 is 2.00 bits per heavy atom. The van der Waals surface area contributed by atoms with Crippen molar-refractivity contribution in [2.75, 3.05) is 31.6 Å². The van der Waals surface area contributed by atoms with E-state index in [4.69, 9.17) is 5.11 Å². The topological polar surface area (TPSA) is 23.5 Å². The second-order valence-corrected chi connectivity index (χ2v) is 4.32. The predicted octanol–water partition coefficient (Wildman–Crippen LogP) is 2.11. The Kier molecular flexibility index (Phi) is 9.25. The van der Waals surface area contributed by atoms with Gasteiger partial charge in [-0.2, -0.15) is 0 Å². The minimum absolute atomic E-state index is 0.278. The summed E-state index contributed by atoms with van der Waals surface area (Å²) in [6, 6.07) is 0. The maximum Gasteiger partial charge on any atom is 0.0558 e. The smallest absolute Gasteiger partial charge is 0.0558 e. The fraction of sp³-hybridized carbons (Fsp3) is 1.00. The van der Waals surface area contributed by atoms with Crippen molar-refractivity contribution < 1.29 is 5.11 Å². The van der Waals surface area contributed by atoms with Crippen LogP contribution in [0.1, 0.15) is 26.7 Å². The standard InChI is InChI=1S/C10H22BrNO/c1-3-12(8-9-13)7-5-10(2)4-6-11/h10,13H,3-9H2,1-2H3. The molecule has 3 heteroatoms. The maximum atomic E-state index is 8.79. The van der Waals surface area contributed by atoms with E-state index in [1.807, 2.05) is 0 Å². The molecule has 0 saturated heterocycles. The summed E-state index contributed by atoms with van der Waals surface area (Å²) in [6.07, 6.45) is 2.48. The third-order valence-electron chi connectivity index (χ3n) is 2.40. The maximum absolute atomic E-state index is 8.79. The van der Waals surface area contributed by atoms with Crippen molar-refractivity contribution in [3.8, 4) is 0 Å². The zero-order valence-electron chi connectivity index (χ0n) is 8.80. The molecule has 1 atom stereocenters. The second-order valence-electron chi connectivity index (χ2n) is 3.53. The molecule has 0 heterocycles. The lowest BCUT2D eigenvalue weighted by Crippen LogP contribution is -2.28. The molecule has 13 heavy (non-hydrogen) atoms. The molecule has 1 N–H and O–H groups in total. The molecule has 80 valence electrons. The number of aliphatic hydroxyl groups excluding tert-OH is 1. The van der Waals surface area contributed by atoms with Crippen LogP contribution in [-0.4, -0.2) is 41.6 Å². The summed E-state index contributed by atoms with van der Waals surface area (Å²) in [5, 5.41) is 9.88. The van der Waals surface area contributed by atoms with Gasteiger partial charge in [0.25, 0.3) is 0 Å². The van der Waals surface area contributed by atoms with Crippen molar-refractivity contribution >= 4 is 15.9 Å². The summed E-state index contributed by atoms with van der Waals surface area (Å²) in [5.74, 6) is 0.784. The molecule has 0 amide bonds. The van der Waals surface area contributed by atoms with Crippen molar-refractivity contribution in [2.45, 2.75) is 26.7 Å². The molecule has 0 radical (unpaired) electrons. The molecule has 0 aromatic heterocycles. The zero-order chi connectivity index (χ0) is 10.1. The van der Waals surface area contributed by atoms with Crippen LogP contribution in [0.4, 0.5) is 0 Å². The number of likely N-dealkylation sites (N-methyl/N-ethyl adjacent to an activating group) is 1. The van der Waals surface area contributed by atoms with Crippen LogP contribution in [0, 0.1) is 5.92 Å². The number of rotatable bonds is 8. The molecular formula is C10H22BrNO. The highest BCUT2D eigenvalue weighted by atomic mass is 79.9. The molecule has 0 aromatic carbocycles. The van der Waals surface area contributed by atoms with E-state index in [9.17, 15) is 0 Å². The summed E-state index contributed by atoms with van der Waals surface area (Å²) < 4.78 is 0. The molecule has 0 fully saturated rings. The average Bonchev–Trinajstić information content (AvgIpc) is 2.12. The van der Waals surface area contributed by atoms with Crippen molar-refractivity contribution in [1.29, 1.82) is 0 Å². The number of nitrogens with zero attached hydrogens (tertiary/aromatic N) is 1. The lowest BCUT2D eigenvalue weighted by molar-refractivity contribution is 0.194. The predicted molar refractivity (Wildman–Crippen MR) is 61.4 cm³/mol. The molecular weight excluding hydrogens is 230 g/mol. The molecule has 2 nitrogen and oxygen atoms in total. The van der Waals surface area contributed by atoms with Crippen LogP contribution in [0.25, 0.3) is 0 Å². The summed E-state index contributed by atoms with van der Waals surface area (Å²) in [5.41, 5.74) is 0. The van der Waals surface area contributed by atoms with Crippen molar-refractivity contribution in [1.82, 2.24) is 4.90 Å². The van der Waals surface area contributed by atoms with E-state index in [0.29, 0.717) is 0 Å². The van der Waals surface area contributed by atoms with Gasteiger partial charge in [-0.1, -0.05) is 29.8 Å². The zero-order valence-corrected chi connectivity index (χ0v) is 10.4. The van der Waals surface area contributed by atoms with Gasteiger partial charge in [-0.15, -0.1) is 0 Å². The van der Waals surface area contributed by atoms with Crippen molar-refractivity contribution in [3.63, 3.8) is 0 Å². The van der Waals surface area contributed by atoms with Gasteiger partial charge in [0.2, 0.25) is 0 Å². The number of hydrogen-bond acceptors (Lipinski definition) is 2. The fourth-order valence-electron chi connectivity index (χ4n) is 1.30. The Hall–Kier alpha value is 0.400. The van der Waals surface area contributed by atoms with E-state index in [-0.39, 0.29) is 6.61 Å². The Morgan fingerprint density at radius 1 is 1.31 bits per heavy atom. The van der Waals surface area contributed by atoms with Gasteiger partial charge in [-0.05, 0) is 31.8 Å². The number of aliphatic hydroxyl groups is 1. The van der Waals surface area contributed by atoms with Gasteiger partial charge in [-0.3, -0.25) is 0 Å². The van der Waals surface area contributed by atoms with Gasteiger partial charge in [0, 0.05) is 11.9 Å². The van der Waals surface area contributed by atoms with Gasteiger partial charge in [-0.25, -0.2) is 0 Å². The second kappa shape index (κ2) is 8.97. The van der Waals surface area contributed by atoms with E-state index in [2.05, 4.69) is 34.7 Å². The van der Waals surface area contributed by atoms with Crippen LogP contribution in [-0.2, 0) is 0 Å². The van der Waals surface area contributed by atoms with Crippen molar-refractivity contribution in [2.24, 2.45) is 5.92 Å². The average molecular weight is 252 g/mol. The highest BCUT2D eigenvalue weighted by molar-refractivity contribution is 9.09. The van der Waals surface area contributed by atoms with Gasteiger partial charge < -0.3 is 10.0 Å². The molecule has 0 bridgehead atoms. The summed E-state index contributed by atoms with van der Waals surface area (Å²) >= 11 is 3.45. The van der Waals surface area contributed by atoms with E-state index < -0.39 is 0 Å². The minimum atomic E-state index is 0.278. The van der Waals surface area contributed by atoms with E-state index >= 15 is 0 Å². The Labute approximate surface area is 90.4 Å². The fourth-order valence-corrected chi connectivity index (χ4v) is 2.08. The lowest BCUT2D eigenvalue weighted by atomic mass is 10.1. The summed E-state index contributed by atoms with van der Waals surface area (Å²) in [4.78, 5) is 2.30. The van der Waals surface area contributed by atoms with Crippen LogP contribution >= 0.6 is 15.9 Å². The van der Waals surface area contributed by atoms with Crippen molar-refractivity contribution in [3.05, 3.63) is 0 Å². The molecule has 0 spiro atoms. The third kappa shape index (κ3) is 7.47.